The Kier molecular flexibility index (Phi) is 7.50. The van der Waals surface area contributed by atoms with Crippen molar-refractivity contribution >= 4 is 0 Å². The van der Waals surface area contributed by atoms with Crippen LogP contribution in [0.2, 0.25) is 0 Å². The Morgan fingerprint density at radius 2 is 1.44 bits per heavy atom. The van der Waals surface area contributed by atoms with Gasteiger partial charge in [0.15, 0.2) is 5.76 Å². The van der Waals surface area contributed by atoms with Crippen LogP contribution in [0.25, 0.3) is 11.3 Å². The predicted octanol–water partition coefficient (Wildman–Crippen LogP) is 4.82. The number of hydrogen-bond acceptors (Lipinski definition) is 5. The van der Waals surface area contributed by atoms with Gasteiger partial charge in [0.05, 0.1) is 19.8 Å². The van der Waals surface area contributed by atoms with Crippen LogP contribution in [0.15, 0.2) is 71.3 Å². The van der Waals surface area contributed by atoms with Gasteiger partial charge in [-0.25, -0.2) is 0 Å². The highest BCUT2D eigenvalue weighted by Crippen LogP contribution is 2.37. The van der Waals surface area contributed by atoms with Crippen molar-refractivity contribution in [1.29, 1.82) is 0 Å². The van der Waals surface area contributed by atoms with Crippen molar-refractivity contribution < 1.29 is 24.1 Å². The van der Waals surface area contributed by atoms with Gasteiger partial charge in [0.1, 0.15) is 42.6 Å². The molecule has 3 aromatic carbocycles. The third-order valence-electron chi connectivity index (χ3n) is 5.59. The number of ether oxygens (including phenoxy) is 3. The molecule has 1 aromatic heterocycles. The summed E-state index contributed by atoms with van der Waals surface area (Å²) in [5.74, 6) is 2.75. The van der Waals surface area contributed by atoms with Crippen LogP contribution in [0, 0.1) is 13.8 Å². The standard InChI is InChI=1S/C28H30N2O4/c1-19-12-20(2)14-22(13-19)17-29-16-21-8-10-23(11-9-21)33-18-24-15-25(30-34-24)28-26(31-3)6-5-7-27(28)32-4/h5-15,29H,16-18H2,1-4H3/p+1. The zero-order valence-electron chi connectivity index (χ0n) is 20.1. The average molecular weight is 460 g/mol. The molecule has 0 aliphatic heterocycles. The van der Waals surface area contributed by atoms with E-state index in [9.17, 15) is 0 Å². The molecule has 4 aromatic rings. The molecule has 4 rings (SSSR count). The fourth-order valence-corrected chi connectivity index (χ4v) is 4.07. The Hall–Kier alpha value is -3.77. The summed E-state index contributed by atoms with van der Waals surface area (Å²) in [6.45, 7) is 6.45. The lowest BCUT2D eigenvalue weighted by Gasteiger charge is -2.10. The SMILES string of the molecule is COc1cccc(OC)c1-c1cc(COc2ccc(C[NH2+]Cc3cc(C)cc(C)c3)cc2)on1. The third-order valence-corrected chi connectivity index (χ3v) is 5.59. The summed E-state index contributed by atoms with van der Waals surface area (Å²) in [4.78, 5) is 0. The highest BCUT2D eigenvalue weighted by atomic mass is 16.5. The number of rotatable bonds is 10. The molecule has 0 aliphatic carbocycles. The number of benzene rings is 3. The Balaban J connectivity index is 1.32. The Morgan fingerprint density at radius 3 is 2.09 bits per heavy atom. The maximum Gasteiger partial charge on any atom is 0.174 e. The summed E-state index contributed by atoms with van der Waals surface area (Å²) in [7, 11) is 3.24. The summed E-state index contributed by atoms with van der Waals surface area (Å²) >= 11 is 0. The van der Waals surface area contributed by atoms with E-state index in [4.69, 9.17) is 18.7 Å². The van der Waals surface area contributed by atoms with Crippen LogP contribution in [0.5, 0.6) is 17.2 Å². The van der Waals surface area contributed by atoms with Crippen molar-refractivity contribution in [2.45, 2.75) is 33.5 Å². The molecule has 34 heavy (non-hydrogen) atoms. The molecule has 176 valence electrons. The molecule has 0 fully saturated rings. The second kappa shape index (κ2) is 10.9. The van der Waals surface area contributed by atoms with Gasteiger partial charge in [-0.1, -0.05) is 40.5 Å². The molecular weight excluding hydrogens is 428 g/mol. The van der Waals surface area contributed by atoms with Crippen molar-refractivity contribution in [2.75, 3.05) is 14.2 Å². The second-order valence-corrected chi connectivity index (χ2v) is 8.34. The minimum atomic E-state index is 0.280. The summed E-state index contributed by atoms with van der Waals surface area (Å²) in [5.41, 5.74) is 6.62. The first-order valence-electron chi connectivity index (χ1n) is 11.3. The monoisotopic (exact) mass is 459 g/mol. The zero-order chi connectivity index (χ0) is 23.9. The van der Waals surface area contributed by atoms with Crippen molar-refractivity contribution in [3.63, 3.8) is 0 Å². The van der Waals surface area contributed by atoms with Gasteiger partial charge in [-0.2, -0.15) is 0 Å². The van der Waals surface area contributed by atoms with Crippen molar-refractivity contribution in [3.8, 4) is 28.5 Å². The molecule has 0 radical (unpaired) electrons. The predicted molar refractivity (Wildman–Crippen MR) is 131 cm³/mol. The Morgan fingerprint density at radius 1 is 0.794 bits per heavy atom. The summed E-state index contributed by atoms with van der Waals surface area (Å²) in [5, 5.41) is 6.49. The van der Waals surface area contributed by atoms with E-state index in [1.165, 1.54) is 22.3 Å². The number of aryl methyl sites for hydroxylation is 2. The van der Waals surface area contributed by atoms with Gasteiger partial charge < -0.3 is 24.1 Å². The number of quaternary nitrogens is 1. The number of methoxy groups -OCH3 is 2. The molecule has 0 aliphatic rings. The van der Waals surface area contributed by atoms with Crippen molar-refractivity contribution in [2.24, 2.45) is 0 Å². The minimum absolute atomic E-state index is 0.280. The van der Waals surface area contributed by atoms with Crippen LogP contribution in [0.1, 0.15) is 28.0 Å². The number of nitrogens with two attached hydrogens (primary N) is 1. The molecule has 0 amide bonds. The topological polar surface area (TPSA) is 70.3 Å². The van der Waals surface area contributed by atoms with Crippen LogP contribution < -0.4 is 19.5 Å². The van der Waals surface area contributed by atoms with Gasteiger partial charge in [0.25, 0.3) is 0 Å². The first kappa shape index (κ1) is 23.4. The molecule has 1 heterocycles. The fraction of sp³-hybridized carbons (Fsp3) is 0.250. The molecule has 6 nitrogen and oxygen atoms in total. The number of aromatic nitrogens is 1. The number of hydrogen-bond donors (Lipinski definition) is 1. The van der Waals surface area contributed by atoms with Crippen LogP contribution >= 0.6 is 0 Å². The highest BCUT2D eigenvalue weighted by Gasteiger charge is 2.17. The molecule has 2 N–H and O–H groups in total. The molecule has 0 atom stereocenters. The maximum absolute atomic E-state index is 5.90. The van der Waals surface area contributed by atoms with E-state index in [1.54, 1.807) is 14.2 Å². The number of nitrogens with zero attached hydrogens (tertiary/aromatic N) is 1. The highest BCUT2D eigenvalue weighted by molar-refractivity contribution is 5.74. The van der Waals surface area contributed by atoms with Gasteiger partial charge >= 0.3 is 0 Å². The lowest BCUT2D eigenvalue weighted by atomic mass is 10.1. The molecule has 0 spiro atoms. The average Bonchev–Trinajstić information content (AvgIpc) is 3.31. The van der Waals surface area contributed by atoms with E-state index in [1.807, 2.05) is 36.4 Å². The summed E-state index contributed by atoms with van der Waals surface area (Å²) in [6.07, 6.45) is 0. The molecule has 0 saturated carbocycles. The van der Waals surface area contributed by atoms with E-state index in [0.29, 0.717) is 23.0 Å². The van der Waals surface area contributed by atoms with Crippen LogP contribution in [0.3, 0.4) is 0 Å². The molecule has 6 heteroatoms. The smallest absolute Gasteiger partial charge is 0.174 e. The van der Waals surface area contributed by atoms with E-state index in [0.717, 1.165) is 24.4 Å². The first-order chi connectivity index (χ1) is 16.6. The largest absolute Gasteiger partial charge is 0.496 e. The lowest BCUT2D eigenvalue weighted by Crippen LogP contribution is -2.80. The van der Waals surface area contributed by atoms with E-state index in [2.05, 4.69) is 54.7 Å². The quantitative estimate of drug-likeness (QED) is 0.368. The van der Waals surface area contributed by atoms with Gasteiger partial charge in [0, 0.05) is 17.2 Å². The third kappa shape index (κ3) is 5.77. The van der Waals surface area contributed by atoms with Gasteiger partial charge in [-0.15, -0.1) is 0 Å². The second-order valence-electron chi connectivity index (χ2n) is 8.34. The van der Waals surface area contributed by atoms with Crippen molar-refractivity contribution in [1.82, 2.24) is 5.16 Å². The van der Waals surface area contributed by atoms with Crippen molar-refractivity contribution in [3.05, 3.63) is 94.7 Å². The molecule has 0 saturated heterocycles. The first-order valence-corrected chi connectivity index (χ1v) is 11.3. The van der Waals surface area contributed by atoms with Crippen LogP contribution in [-0.2, 0) is 19.7 Å². The summed E-state index contributed by atoms with van der Waals surface area (Å²) in [6, 6.07) is 22.3. The van der Waals surface area contributed by atoms with Gasteiger partial charge in [-0.3, -0.25) is 0 Å². The minimum Gasteiger partial charge on any atom is -0.496 e. The Bertz CT molecular complexity index is 1190. The summed E-state index contributed by atoms with van der Waals surface area (Å²) < 4.78 is 22.3. The van der Waals surface area contributed by atoms with Crippen LogP contribution in [-0.4, -0.2) is 19.4 Å². The van der Waals surface area contributed by atoms with Gasteiger partial charge in [0.2, 0.25) is 0 Å². The van der Waals surface area contributed by atoms with E-state index in [-0.39, 0.29) is 6.61 Å². The van der Waals surface area contributed by atoms with Gasteiger partial charge in [-0.05, 0) is 50.2 Å². The van der Waals surface area contributed by atoms with Crippen LogP contribution in [0.4, 0.5) is 0 Å². The maximum atomic E-state index is 5.90. The van der Waals surface area contributed by atoms with E-state index < -0.39 is 0 Å². The van der Waals surface area contributed by atoms with E-state index >= 15 is 0 Å². The Labute approximate surface area is 200 Å². The fourth-order valence-electron chi connectivity index (χ4n) is 4.07. The molecule has 0 unspecified atom stereocenters. The normalized spacial score (nSPS) is 10.8. The zero-order valence-corrected chi connectivity index (χ0v) is 20.1. The lowest BCUT2D eigenvalue weighted by molar-refractivity contribution is -0.686. The molecule has 0 bridgehead atoms. The molecular formula is C28H31N2O4+.